The Labute approximate surface area is 103 Å². The molecule has 2 nitrogen and oxygen atoms in total. The first-order valence-corrected chi connectivity index (χ1v) is 7.07. The van der Waals surface area contributed by atoms with Gasteiger partial charge in [0.05, 0.1) is 5.54 Å². The van der Waals surface area contributed by atoms with Crippen molar-refractivity contribution in [3.8, 4) is 0 Å². The molecule has 2 unspecified atom stereocenters. The Morgan fingerprint density at radius 1 is 1.38 bits per heavy atom. The zero-order valence-corrected chi connectivity index (χ0v) is 10.9. The van der Waals surface area contributed by atoms with Gasteiger partial charge in [0.1, 0.15) is 0 Å². The van der Waals surface area contributed by atoms with E-state index in [1.54, 1.807) is 0 Å². The van der Waals surface area contributed by atoms with Crippen LogP contribution in [0.2, 0.25) is 0 Å². The number of hydrogen-bond acceptors (Lipinski definition) is 1. The highest BCUT2D eigenvalue weighted by atomic mass is 35.5. The Balaban J connectivity index is 1.94. The minimum absolute atomic E-state index is 0.105. The van der Waals surface area contributed by atoms with Gasteiger partial charge in [0.25, 0.3) is 0 Å². The number of hydrogen-bond donors (Lipinski definition) is 1. The topological polar surface area (TPSA) is 29.1 Å². The maximum Gasteiger partial charge on any atom is 0.223 e. The largest absolute Gasteiger partial charge is 0.349 e. The molecule has 2 aliphatic rings. The first kappa shape index (κ1) is 12.2. The lowest BCUT2D eigenvalue weighted by Gasteiger charge is -2.41. The third-order valence-corrected chi connectivity index (χ3v) is 4.72. The van der Waals surface area contributed by atoms with Gasteiger partial charge in [-0.3, -0.25) is 4.79 Å². The van der Waals surface area contributed by atoms with E-state index in [0.717, 1.165) is 25.7 Å². The Bertz CT molecular complexity index is 265. The number of carbonyl (C=O) groups is 1. The summed E-state index contributed by atoms with van der Waals surface area (Å²) in [6.45, 7) is 2.26. The van der Waals surface area contributed by atoms with Crippen LogP contribution in [0.25, 0.3) is 0 Å². The molecule has 2 rings (SSSR count). The lowest BCUT2D eigenvalue weighted by atomic mass is 9.76. The maximum absolute atomic E-state index is 12.0. The molecule has 0 aromatic carbocycles. The Morgan fingerprint density at radius 3 is 2.62 bits per heavy atom. The molecule has 0 heterocycles. The lowest BCUT2D eigenvalue weighted by Crippen LogP contribution is -2.54. The first-order chi connectivity index (χ1) is 7.65. The van der Waals surface area contributed by atoms with Gasteiger partial charge in [0.2, 0.25) is 5.91 Å². The summed E-state index contributed by atoms with van der Waals surface area (Å²) in [6, 6.07) is 0. The molecule has 1 N–H and O–H groups in total. The Hall–Kier alpha value is -0.240. The van der Waals surface area contributed by atoms with Crippen molar-refractivity contribution >= 4 is 17.5 Å². The molecular formula is C13H22ClNO. The van der Waals surface area contributed by atoms with E-state index in [0.29, 0.717) is 11.8 Å². The van der Waals surface area contributed by atoms with Gasteiger partial charge in [0.15, 0.2) is 0 Å². The van der Waals surface area contributed by atoms with E-state index < -0.39 is 0 Å². The summed E-state index contributed by atoms with van der Waals surface area (Å²) in [5, 5.41) is 3.24. The van der Waals surface area contributed by atoms with Crippen molar-refractivity contribution in [3.05, 3.63) is 0 Å². The van der Waals surface area contributed by atoms with Crippen LogP contribution in [0.4, 0.5) is 0 Å². The highest BCUT2D eigenvalue weighted by molar-refractivity contribution is 6.18. The zero-order chi connectivity index (χ0) is 11.6. The Morgan fingerprint density at radius 2 is 2.12 bits per heavy atom. The van der Waals surface area contributed by atoms with Crippen LogP contribution < -0.4 is 5.32 Å². The van der Waals surface area contributed by atoms with E-state index in [1.165, 1.54) is 19.3 Å². The average molecular weight is 244 g/mol. The van der Waals surface area contributed by atoms with Gasteiger partial charge in [-0.2, -0.15) is 0 Å². The molecule has 2 aliphatic carbocycles. The molecular weight excluding hydrogens is 222 g/mol. The molecule has 16 heavy (non-hydrogen) atoms. The van der Waals surface area contributed by atoms with Crippen molar-refractivity contribution in [3.63, 3.8) is 0 Å². The number of carbonyl (C=O) groups excluding carboxylic acids is 1. The monoisotopic (exact) mass is 243 g/mol. The van der Waals surface area contributed by atoms with Gasteiger partial charge in [-0.25, -0.2) is 0 Å². The third kappa shape index (κ3) is 2.53. The zero-order valence-electron chi connectivity index (χ0n) is 10.1. The summed E-state index contributed by atoms with van der Waals surface area (Å²) in [5.74, 6) is 1.78. The second-order valence-corrected chi connectivity index (χ2v) is 6.00. The summed E-state index contributed by atoms with van der Waals surface area (Å²) >= 11 is 6.10. The highest BCUT2D eigenvalue weighted by Crippen LogP contribution is 2.35. The standard InChI is InChI=1S/C13H22ClNO/c1-10-4-3-7-13(8-10,9-14)15-12(16)11-5-2-6-11/h10-11H,2-9H2,1H3,(H,15,16). The molecule has 3 heteroatoms. The van der Waals surface area contributed by atoms with Crippen molar-refractivity contribution < 1.29 is 4.79 Å². The molecule has 92 valence electrons. The predicted octanol–water partition coefficient (Wildman–Crippen LogP) is 3.09. The van der Waals surface area contributed by atoms with E-state index >= 15 is 0 Å². The van der Waals surface area contributed by atoms with E-state index in [-0.39, 0.29) is 17.4 Å². The van der Waals surface area contributed by atoms with Crippen LogP contribution >= 0.6 is 11.6 Å². The van der Waals surface area contributed by atoms with Crippen molar-refractivity contribution in [2.24, 2.45) is 11.8 Å². The van der Waals surface area contributed by atoms with Gasteiger partial charge < -0.3 is 5.32 Å². The molecule has 0 radical (unpaired) electrons. The number of amides is 1. The quantitative estimate of drug-likeness (QED) is 0.759. The lowest BCUT2D eigenvalue weighted by molar-refractivity contribution is -0.129. The van der Waals surface area contributed by atoms with E-state index in [1.807, 2.05) is 0 Å². The van der Waals surface area contributed by atoms with Crippen molar-refractivity contribution in [1.82, 2.24) is 5.32 Å². The first-order valence-electron chi connectivity index (χ1n) is 6.53. The minimum Gasteiger partial charge on any atom is -0.349 e. The molecule has 2 saturated carbocycles. The number of nitrogens with one attached hydrogen (secondary N) is 1. The van der Waals surface area contributed by atoms with E-state index in [4.69, 9.17) is 11.6 Å². The van der Waals surface area contributed by atoms with E-state index in [9.17, 15) is 4.79 Å². The van der Waals surface area contributed by atoms with Gasteiger partial charge in [0, 0.05) is 11.8 Å². The smallest absolute Gasteiger partial charge is 0.223 e. The van der Waals surface area contributed by atoms with Crippen LogP contribution in [-0.2, 0) is 4.79 Å². The molecule has 0 aromatic rings. The fourth-order valence-electron chi connectivity index (χ4n) is 2.96. The summed E-state index contributed by atoms with van der Waals surface area (Å²) < 4.78 is 0. The van der Waals surface area contributed by atoms with Gasteiger partial charge in [-0.15, -0.1) is 11.6 Å². The summed E-state index contributed by atoms with van der Waals surface area (Å²) in [6.07, 6.45) is 7.92. The number of alkyl halides is 1. The SMILES string of the molecule is CC1CCCC(CCl)(NC(=O)C2CCC2)C1. The van der Waals surface area contributed by atoms with Gasteiger partial charge in [-0.1, -0.05) is 26.2 Å². The van der Waals surface area contributed by atoms with Crippen LogP contribution in [0.5, 0.6) is 0 Å². The van der Waals surface area contributed by atoms with Crippen LogP contribution in [0.3, 0.4) is 0 Å². The highest BCUT2D eigenvalue weighted by Gasteiger charge is 2.38. The van der Waals surface area contributed by atoms with Crippen molar-refractivity contribution in [2.45, 2.75) is 57.4 Å². The number of halogens is 1. The molecule has 0 aliphatic heterocycles. The second kappa shape index (κ2) is 4.95. The van der Waals surface area contributed by atoms with Crippen LogP contribution in [-0.4, -0.2) is 17.3 Å². The fourth-order valence-corrected chi connectivity index (χ4v) is 3.27. The normalized spacial score (nSPS) is 35.5. The molecule has 2 atom stereocenters. The third-order valence-electron chi connectivity index (χ3n) is 4.21. The summed E-state index contributed by atoms with van der Waals surface area (Å²) in [5.41, 5.74) is -0.105. The summed E-state index contributed by atoms with van der Waals surface area (Å²) in [4.78, 5) is 12.0. The fraction of sp³-hybridized carbons (Fsp3) is 0.923. The molecule has 0 spiro atoms. The van der Waals surface area contributed by atoms with Crippen molar-refractivity contribution in [1.29, 1.82) is 0 Å². The molecule has 0 bridgehead atoms. The van der Waals surface area contributed by atoms with Crippen molar-refractivity contribution in [2.75, 3.05) is 5.88 Å². The maximum atomic E-state index is 12.0. The molecule has 0 aromatic heterocycles. The second-order valence-electron chi connectivity index (χ2n) is 5.73. The van der Waals surface area contributed by atoms with Gasteiger partial charge >= 0.3 is 0 Å². The molecule has 2 fully saturated rings. The molecule has 0 saturated heterocycles. The Kier molecular flexibility index (Phi) is 3.78. The number of rotatable bonds is 3. The van der Waals surface area contributed by atoms with Crippen LogP contribution in [0, 0.1) is 11.8 Å². The van der Waals surface area contributed by atoms with E-state index in [2.05, 4.69) is 12.2 Å². The minimum atomic E-state index is -0.105. The van der Waals surface area contributed by atoms with Gasteiger partial charge in [-0.05, 0) is 31.6 Å². The predicted molar refractivity (Wildman–Crippen MR) is 66.6 cm³/mol. The van der Waals surface area contributed by atoms with Crippen LogP contribution in [0.1, 0.15) is 51.9 Å². The molecule has 1 amide bonds. The van der Waals surface area contributed by atoms with Crippen LogP contribution in [0.15, 0.2) is 0 Å². The summed E-state index contributed by atoms with van der Waals surface area (Å²) in [7, 11) is 0. The average Bonchev–Trinajstić information content (AvgIpc) is 2.14.